The van der Waals surface area contributed by atoms with E-state index in [4.69, 9.17) is 0 Å². The summed E-state index contributed by atoms with van der Waals surface area (Å²) < 4.78 is 32.3. The van der Waals surface area contributed by atoms with Gasteiger partial charge < -0.3 is 10.4 Å². The SMILES string of the molecule is CC/C=C\C/C=C\C/C=C\CCCCCC(=O)NC(CS(=O)(=O)O)C(O)/C=C/CC/C=C/CC/C=C/CCCCCCCCC. The first-order valence-corrected chi connectivity index (χ1v) is 19.2. The van der Waals surface area contributed by atoms with E-state index in [0.29, 0.717) is 12.8 Å². The molecule has 0 aromatic rings. The Bertz CT molecular complexity index is 978. The van der Waals surface area contributed by atoms with Crippen LogP contribution in [0.1, 0.15) is 142 Å². The summed E-state index contributed by atoms with van der Waals surface area (Å²) in [5.41, 5.74) is 0. The van der Waals surface area contributed by atoms with Crippen LogP contribution in [-0.2, 0) is 14.9 Å². The largest absolute Gasteiger partial charge is 0.387 e. The second-order valence-electron chi connectivity index (χ2n) is 11.7. The Morgan fingerprint density at radius 1 is 0.622 bits per heavy atom. The van der Waals surface area contributed by atoms with E-state index in [2.05, 4.69) is 79.9 Å². The highest BCUT2D eigenvalue weighted by Crippen LogP contribution is 2.10. The highest BCUT2D eigenvalue weighted by atomic mass is 32.2. The van der Waals surface area contributed by atoms with E-state index in [0.717, 1.165) is 64.2 Å². The Balaban J connectivity index is 4.17. The van der Waals surface area contributed by atoms with E-state index in [1.807, 2.05) is 0 Å². The summed E-state index contributed by atoms with van der Waals surface area (Å²) in [7, 11) is -4.37. The first-order valence-electron chi connectivity index (χ1n) is 17.6. The maximum absolute atomic E-state index is 12.4. The predicted molar refractivity (Wildman–Crippen MR) is 193 cm³/mol. The fourth-order valence-corrected chi connectivity index (χ4v) is 5.46. The van der Waals surface area contributed by atoms with Gasteiger partial charge in [-0.2, -0.15) is 8.42 Å². The first kappa shape index (κ1) is 42.8. The van der Waals surface area contributed by atoms with E-state index in [-0.39, 0.29) is 12.3 Å². The number of unbranched alkanes of at least 4 members (excludes halogenated alkanes) is 12. The molecule has 0 aliphatic rings. The van der Waals surface area contributed by atoms with E-state index in [1.54, 1.807) is 6.08 Å². The predicted octanol–water partition coefficient (Wildman–Crippen LogP) is 9.90. The lowest BCUT2D eigenvalue weighted by Gasteiger charge is -2.21. The Morgan fingerprint density at radius 3 is 1.67 bits per heavy atom. The molecule has 1 amide bonds. The molecule has 6 nitrogen and oxygen atoms in total. The van der Waals surface area contributed by atoms with Gasteiger partial charge >= 0.3 is 0 Å². The van der Waals surface area contributed by atoms with Crippen molar-refractivity contribution < 1.29 is 22.9 Å². The van der Waals surface area contributed by atoms with Crippen LogP contribution in [0.4, 0.5) is 0 Å². The molecule has 0 spiro atoms. The van der Waals surface area contributed by atoms with Crippen molar-refractivity contribution in [1.29, 1.82) is 0 Å². The van der Waals surface area contributed by atoms with Crippen molar-refractivity contribution in [3.05, 3.63) is 72.9 Å². The number of carbonyl (C=O) groups is 1. The maximum Gasteiger partial charge on any atom is 0.267 e. The van der Waals surface area contributed by atoms with Gasteiger partial charge in [-0.1, -0.05) is 132 Å². The van der Waals surface area contributed by atoms with Crippen LogP contribution in [0, 0.1) is 0 Å². The van der Waals surface area contributed by atoms with Crippen molar-refractivity contribution >= 4 is 16.0 Å². The molecule has 0 fully saturated rings. The maximum atomic E-state index is 12.4. The van der Waals surface area contributed by atoms with Gasteiger partial charge in [0.25, 0.3) is 10.1 Å². The first-order chi connectivity index (χ1) is 21.8. The van der Waals surface area contributed by atoms with Crippen LogP contribution in [0.25, 0.3) is 0 Å². The van der Waals surface area contributed by atoms with Gasteiger partial charge in [-0.3, -0.25) is 9.35 Å². The molecule has 2 atom stereocenters. The molecule has 0 bridgehead atoms. The summed E-state index contributed by atoms with van der Waals surface area (Å²) >= 11 is 0. The lowest BCUT2D eigenvalue weighted by Crippen LogP contribution is -2.46. The molecular weight excluding hydrogens is 582 g/mol. The lowest BCUT2D eigenvalue weighted by atomic mass is 10.1. The number of rotatable bonds is 30. The molecule has 2 unspecified atom stereocenters. The van der Waals surface area contributed by atoms with Crippen molar-refractivity contribution in [2.24, 2.45) is 0 Å². The minimum atomic E-state index is -4.37. The normalized spacial score (nSPS) is 14.3. The fraction of sp³-hybridized carbons (Fsp3) is 0.658. The van der Waals surface area contributed by atoms with Gasteiger partial charge in [-0.25, -0.2) is 0 Å². The monoisotopic (exact) mass is 647 g/mol. The van der Waals surface area contributed by atoms with Crippen LogP contribution < -0.4 is 5.32 Å². The second kappa shape index (κ2) is 31.7. The topological polar surface area (TPSA) is 104 Å². The van der Waals surface area contributed by atoms with Crippen LogP contribution in [0.15, 0.2) is 72.9 Å². The third-order valence-corrected chi connectivity index (χ3v) is 8.12. The molecule has 0 saturated carbocycles. The molecule has 0 aromatic carbocycles. The molecule has 0 heterocycles. The van der Waals surface area contributed by atoms with Crippen LogP contribution in [-0.4, -0.2) is 41.9 Å². The molecule has 0 saturated heterocycles. The van der Waals surface area contributed by atoms with Crippen molar-refractivity contribution in [3.63, 3.8) is 0 Å². The van der Waals surface area contributed by atoms with Crippen molar-refractivity contribution in [2.75, 3.05) is 5.75 Å². The Kier molecular flexibility index (Phi) is 30.2. The molecule has 0 aromatic heterocycles. The number of amides is 1. The van der Waals surface area contributed by atoms with E-state index >= 15 is 0 Å². The second-order valence-corrected chi connectivity index (χ2v) is 13.2. The number of aliphatic hydroxyl groups is 1. The lowest BCUT2D eigenvalue weighted by molar-refractivity contribution is -0.122. The zero-order valence-electron chi connectivity index (χ0n) is 28.5. The van der Waals surface area contributed by atoms with Gasteiger partial charge in [0, 0.05) is 6.42 Å². The van der Waals surface area contributed by atoms with Crippen molar-refractivity contribution in [3.8, 4) is 0 Å². The third kappa shape index (κ3) is 33.0. The number of hydrogen-bond acceptors (Lipinski definition) is 4. The van der Waals surface area contributed by atoms with Crippen LogP contribution in [0.2, 0.25) is 0 Å². The molecule has 258 valence electrons. The minimum Gasteiger partial charge on any atom is -0.387 e. The summed E-state index contributed by atoms with van der Waals surface area (Å²) in [6.07, 6.45) is 44.6. The molecule has 0 aliphatic heterocycles. The molecule has 45 heavy (non-hydrogen) atoms. The summed E-state index contributed by atoms with van der Waals surface area (Å²) in [5, 5.41) is 13.1. The highest BCUT2D eigenvalue weighted by molar-refractivity contribution is 7.85. The molecule has 0 aliphatic carbocycles. The Hall–Kier alpha value is -2.22. The summed E-state index contributed by atoms with van der Waals surface area (Å²) in [6.45, 7) is 4.37. The van der Waals surface area contributed by atoms with Gasteiger partial charge in [-0.05, 0) is 77.0 Å². The van der Waals surface area contributed by atoms with E-state index in [1.165, 1.54) is 51.0 Å². The van der Waals surface area contributed by atoms with Crippen molar-refractivity contribution in [2.45, 2.75) is 154 Å². The minimum absolute atomic E-state index is 0.245. The number of carbonyl (C=O) groups excluding carboxylic acids is 1. The summed E-state index contributed by atoms with van der Waals surface area (Å²) in [5.74, 6) is -1.06. The molecule has 7 heteroatoms. The standard InChI is InChI=1S/C38H65NO5S/c1-3-5-7-9-11-13-15-17-18-19-20-22-23-25-27-29-31-33-37(40)36(35-45(42,43)44)39-38(41)34-32-30-28-26-24-21-16-14-12-10-8-6-4-2/h6,8,12,14,18-19,21,23-25,31,33,36-37,40H,3-5,7,9-11,13,15-17,20,22,26-30,32,34-35H2,1-2H3,(H,39,41)(H,42,43,44)/b8-6-,14-12-,19-18+,24-21-,25-23+,33-31+. The third-order valence-electron chi connectivity index (χ3n) is 7.34. The molecule has 0 radical (unpaired) electrons. The highest BCUT2D eigenvalue weighted by Gasteiger charge is 2.24. The average Bonchev–Trinajstić information content (AvgIpc) is 3.00. The van der Waals surface area contributed by atoms with Gasteiger partial charge in [0.05, 0.1) is 17.9 Å². The van der Waals surface area contributed by atoms with Gasteiger partial charge in [-0.15, -0.1) is 0 Å². The van der Waals surface area contributed by atoms with Crippen molar-refractivity contribution in [1.82, 2.24) is 5.32 Å². The molecule has 0 rings (SSSR count). The number of hydrogen-bond donors (Lipinski definition) is 3. The van der Waals surface area contributed by atoms with Crippen LogP contribution in [0.5, 0.6) is 0 Å². The van der Waals surface area contributed by atoms with Gasteiger partial charge in [0.1, 0.15) is 0 Å². The molecular formula is C38H65NO5S. The Labute approximate surface area is 276 Å². The van der Waals surface area contributed by atoms with E-state index < -0.39 is 28.0 Å². The zero-order chi connectivity index (χ0) is 33.3. The number of aliphatic hydroxyl groups excluding tert-OH is 1. The average molecular weight is 648 g/mol. The summed E-state index contributed by atoms with van der Waals surface area (Å²) in [4.78, 5) is 12.4. The zero-order valence-corrected chi connectivity index (χ0v) is 29.3. The number of allylic oxidation sites excluding steroid dienone is 11. The van der Waals surface area contributed by atoms with Gasteiger partial charge in [0.2, 0.25) is 5.91 Å². The van der Waals surface area contributed by atoms with Crippen LogP contribution >= 0.6 is 0 Å². The van der Waals surface area contributed by atoms with Gasteiger partial charge in [0.15, 0.2) is 0 Å². The van der Waals surface area contributed by atoms with Crippen LogP contribution in [0.3, 0.4) is 0 Å². The quantitative estimate of drug-likeness (QED) is 0.0409. The van der Waals surface area contributed by atoms with E-state index in [9.17, 15) is 22.9 Å². The summed E-state index contributed by atoms with van der Waals surface area (Å²) in [6, 6.07) is -1.10. The molecule has 3 N–H and O–H groups in total. The smallest absolute Gasteiger partial charge is 0.267 e. The number of nitrogens with one attached hydrogen (secondary N) is 1. The fourth-order valence-electron chi connectivity index (χ4n) is 4.73. The Morgan fingerprint density at radius 2 is 1.09 bits per heavy atom.